The van der Waals surface area contributed by atoms with E-state index in [0.717, 1.165) is 39.1 Å². The second-order valence-electron chi connectivity index (χ2n) is 5.89. The van der Waals surface area contributed by atoms with Gasteiger partial charge in [-0.05, 0) is 25.5 Å². The molecule has 6 nitrogen and oxygen atoms in total. The molecule has 1 saturated carbocycles. The highest BCUT2D eigenvalue weighted by Gasteiger charge is 2.28. The van der Waals surface area contributed by atoms with Crippen LogP contribution in [0.2, 0.25) is 0 Å². The maximum absolute atomic E-state index is 12.3. The third-order valence-electron chi connectivity index (χ3n) is 4.20. The number of likely N-dealkylation sites (N-methyl/N-ethyl adjacent to an activating group) is 1. The summed E-state index contributed by atoms with van der Waals surface area (Å²) in [5.41, 5.74) is 7.14. The Balaban J connectivity index is 1.56. The third-order valence-corrected chi connectivity index (χ3v) is 4.20. The summed E-state index contributed by atoms with van der Waals surface area (Å²) in [4.78, 5) is 14.7. The van der Waals surface area contributed by atoms with Crippen molar-refractivity contribution in [3.63, 3.8) is 0 Å². The molecule has 0 aromatic carbocycles. The number of aromatic nitrogens is 1. The van der Waals surface area contributed by atoms with Gasteiger partial charge in [-0.2, -0.15) is 0 Å². The van der Waals surface area contributed by atoms with Gasteiger partial charge in [-0.25, -0.2) is 0 Å². The monoisotopic (exact) mass is 292 g/mol. The van der Waals surface area contributed by atoms with Crippen LogP contribution in [-0.4, -0.2) is 54.3 Å². The van der Waals surface area contributed by atoms with Gasteiger partial charge in [0.25, 0.3) is 5.91 Å². The van der Waals surface area contributed by atoms with E-state index in [0.29, 0.717) is 24.0 Å². The van der Waals surface area contributed by atoms with Crippen LogP contribution in [0.1, 0.15) is 36.3 Å². The number of ether oxygens (including phenoxy) is 1. The lowest BCUT2D eigenvalue weighted by Crippen LogP contribution is -2.47. The van der Waals surface area contributed by atoms with Crippen molar-refractivity contribution in [1.82, 2.24) is 14.8 Å². The lowest BCUT2D eigenvalue weighted by molar-refractivity contribution is -0.0246. The fraction of sp³-hybridized carbons (Fsp3) is 0.667. The molecule has 1 saturated heterocycles. The zero-order valence-electron chi connectivity index (χ0n) is 12.5. The maximum Gasteiger partial charge on any atom is 0.268 e. The van der Waals surface area contributed by atoms with Crippen molar-refractivity contribution in [2.45, 2.75) is 31.9 Å². The lowest BCUT2D eigenvalue weighted by atomic mass is 10.2. The van der Waals surface area contributed by atoms with Crippen molar-refractivity contribution >= 4 is 11.6 Å². The summed E-state index contributed by atoms with van der Waals surface area (Å²) < 4.78 is 7.71. The van der Waals surface area contributed by atoms with Crippen molar-refractivity contribution in [1.29, 1.82) is 0 Å². The second-order valence-corrected chi connectivity index (χ2v) is 5.89. The molecule has 1 amide bonds. The minimum absolute atomic E-state index is 0.0594. The van der Waals surface area contributed by atoms with E-state index in [4.69, 9.17) is 10.5 Å². The van der Waals surface area contributed by atoms with Crippen LogP contribution in [0, 0.1) is 0 Å². The molecule has 1 aliphatic heterocycles. The Morgan fingerprint density at radius 3 is 3.05 bits per heavy atom. The van der Waals surface area contributed by atoms with Crippen LogP contribution < -0.4 is 11.1 Å². The van der Waals surface area contributed by atoms with Crippen molar-refractivity contribution in [3.05, 3.63) is 18.0 Å². The topological polar surface area (TPSA) is 72.5 Å². The number of hydrogen-bond acceptors (Lipinski definition) is 4. The molecule has 116 valence electrons. The first-order chi connectivity index (χ1) is 10.2. The number of rotatable bonds is 5. The summed E-state index contributed by atoms with van der Waals surface area (Å²) in [6.45, 7) is 6.30. The number of nitrogen functional groups attached to an aromatic ring is 1. The Hall–Kier alpha value is -1.53. The minimum atomic E-state index is -0.0594. The van der Waals surface area contributed by atoms with E-state index in [2.05, 4.69) is 17.1 Å². The highest BCUT2D eigenvalue weighted by atomic mass is 16.5. The number of amides is 1. The fourth-order valence-electron chi connectivity index (χ4n) is 2.83. The number of nitrogens with one attached hydrogen (secondary N) is 1. The first-order valence-electron chi connectivity index (χ1n) is 7.77. The van der Waals surface area contributed by atoms with Gasteiger partial charge in [-0.3, -0.25) is 9.69 Å². The molecular weight excluding hydrogens is 268 g/mol. The van der Waals surface area contributed by atoms with Gasteiger partial charge in [0.1, 0.15) is 5.69 Å². The molecule has 0 radical (unpaired) electrons. The van der Waals surface area contributed by atoms with E-state index in [1.54, 1.807) is 6.07 Å². The number of anilines is 1. The predicted octanol–water partition coefficient (Wildman–Crippen LogP) is 0.856. The predicted molar refractivity (Wildman–Crippen MR) is 81.3 cm³/mol. The Labute approximate surface area is 125 Å². The van der Waals surface area contributed by atoms with Crippen LogP contribution in [0.25, 0.3) is 0 Å². The van der Waals surface area contributed by atoms with Crippen molar-refractivity contribution in [2.24, 2.45) is 0 Å². The number of carbonyl (C=O) groups is 1. The summed E-state index contributed by atoms with van der Waals surface area (Å²) in [6.07, 6.45) is 4.20. The first-order valence-corrected chi connectivity index (χ1v) is 7.77. The molecule has 1 aromatic rings. The smallest absolute Gasteiger partial charge is 0.268 e. The van der Waals surface area contributed by atoms with Gasteiger partial charge in [-0.1, -0.05) is 6.92 Å². The Bertz CT molecular complexity index is 510. The summed E-state index contributed by atoms with van der Waals surface area (Å²) >= 11 is 0. The van der Waals surface area contributed by atoms with Crippen LogP contribution in [0.3, 0.4) is 0 Å². The van der Waals surface area contributed by atoms with E-state index < -0.39 is 0 Å². The number of carbonyl (C=O) groups excluding carboxylic acids is 1. The number of nitrogens with two attached hydrogens (primary N) is 1. The molecule has 2 fully saturated rings. The largest absolute Gasteiger partial charge is 0.397 e. The van der Waals surface area contributed by atoms with E-state index in [1.165, 1.54) is 0 Å². The first kappa shape index (κ1) is 14.4. The lowest BCUT2D eigenvalue weighted by Gasteiger charge is -2.32. The molecule has 3 rings (SSSR count). The minimum Gasteiger partial charge on any atom is -0.397 e. The Morgan fingerprint density at radius 1 is 1.52 bits per heavy atom. The van der Waals surface area contributed by atoms with E-state index in [9.17, 15) is 4.79 Å². The van der Waals surface area contributed by atoms with E-state index in [-0.39, 0.29) is 12.0 Å². The van der Waals surface area contributed by atoms with Gasteiger partial charge < -0.3 is 20.4 Å². The molecule has 3 N–H and O–H groups in total. The molecule has 0 bridgehead atoms. The number of hydrogen-bond donors (Lipinski definition) is 2. The molecule has 1 unspecified atom stereocenters. The van der Waals surface area contributed by atoms with Crippen LogP contribution in [-0.2, 0) is 4.74 Å². The standard InChI is InChI=1S/C15H24N4O2/c1-2-18-5-6-21-13(10-18)8-17-15(20)14-7-11(16)9-19(14)12-3-4-12/h7,9,12-13H,2-6,8,10,16H2,1H3,(H,17,20). The average molecular weight is 292 g/mol. The highest BCUT2D eigenvalue weighted by molar-refractivity contribution is 5.93. The van der Waals surface area contributed by atoms with Crippen LogP contribution >= 0.6 is 0 Å². The summed E-state index contributed by atoms with van der Waals surface area (Å²) in [5, 5.41) is 2.98. The molecule has 1 aromatic heterocycles. The average Bonchev–Trinajstić information content (AvgIpc) is 3.27. The third kappa shape index (κ3) is 3.39. The van der Waals surface area contributed by atoms with Gasteiger partial charge in [0.05, 0.1) is 18.4 Å². The Morgan fingerprint density at radius 2 is 2.33 bits per heavy atom. The van der Waals surface area contributed by atoms with Crippen molar-refractivity contribution < 1.29 is 9.53 Å². The Kier molecular flexibility index (Phi) is 4.17. The maximum atomic E-state index is 12.3. The summed E-state index contributed by atoms with van der Waals surface area (Å²) in [7, 11) is 0. The van der Waals surface area contributed by atoms with E-state index in [1.807, 2.05) is 10.8 Å². The molecule has 1 aliphatic carbocycles. The molecule has 2 heterocycles. The molecule has 2 aliphatic rings. The second kappa shape index (κ2) is 6.07. The molecule has 6 heteroatoms. The normalized spacial score (nSPS) is 23.2. The zero-order valence-corrected chi connectivity index (χ0v) is 12.5. The van der Waals surface area contributed by atoms with Crippen molar-refractivity contribution in [3.8, 4) is 0 Å². The van der Waals surface area contributed by atoms with E-state index >= 15 is 0 Å². The quantitative estimate of drug-likeness (QED) is 0.844. The van der Waals surface area contributed by atoms with Gasteiger partial charge in [0.2, 0.25) is 0 Å². The number of morpholine rings is 1. The van der Waals surface area contributed by atoms with Gasteiger partial charge in [-0.15, -0.1) is 0 Å². The van der Waals surface area contributed by atoms with Crippen molar-refractivity contribution in [2.75, 3.05) is 38.5 Å². The van der Waals surface area contributed by atoms with Crippen LogP contribution in [0.5, 0.6) is 0 Å². The van der Waals surface area contributed by atoms with Gasteiger partial charge >= 0.3 is 0 Å². The molecule has 1 atom stereocenters. The number of nitrogens with zero attached hydrogens (tertiary/aromatic N) is 2. The van der Waals surface area contributed by atoms with Gasteiger partial charge in [0.15, 0.2) is 0 Å². The van der Waals surface area contributed by atoms with Gasteiger partial charge in [0, 0.05) is 31.9 Å². The zero-order chi connectivity index (χ0) is 14.8. The van der Waals surface area contributed by atoms with Crippen LogP contribution in [0.15, 0.2) is 12.3 Å². The van der Waals surface area contributed by atoms with Crippen LogP contribution in [0.4, 0.5) is 5.69 Å². The SMILES string of the molecule is CCN1CCOC(CNC(=O)c2cc(N)cn2C2CC2)C1. The highest BCUT2D eigenvalue weighted by Crippen LogP contribution is 2.37. The fourth-order valence-corrected chi connectivity index (χ4v) is 2.83. The molecule has 0 spiro atoms. The summed E-state index contributed by atoms with van der Waals surface area (Å²) in [6, 6.07) is 2.21. The molecule has 21 heavy (non-hydrogen) atoms. The summed E-state index contributed by atoms with van der Waals surface area (Å²) in [5.74, 6) is -0.0594. The molecular formula is C15H24N4O2.